The predicted octanol–water partition coefficient (Wildman–Crippen LogP) is 3.88. The van der Waals surface area contributed by atoms with Crippen LogP contribution in [0.25, 0.3) is 0 Å². The Morgan fingerprint density at radius 1 is 1.29 bits per heavy atom. The summed E-state index contributed by atoms with van der Waals surface area (Å²) < 4.78 is 18.9. The zero-order valence-electron chi connectivity index (χ0n) is 14.8. The number of amides is 1. The Kier molecular flexibility index (Phi) is 4.11. The van der Waals surface area contributed by atoms with Crippen LogP contribution in [0.3, 0.4) is 0 Å². The highest BCUT2D eigenvalue weighted by Crippen LogP contribution is 2.46. The van der Waals surface area contributed by atoms with Crippen molar-refractivity contribution in [3.8, 4) is 0 Å². The molecule has 2 unspecified atom stereocenters. The van der Waals surface area contributed by atoms with Crippen molar-refractivity contribution >= 4 is 6.09 Å². The van der Waals surface area contributed by atoms with Crippen LogP contribution in [-0.4, -0.2) is 33.8 Å². The monoisotopic (exact) mass is 335 g/mol. The molecule has 0 aliphatic carbocycles. The van der Waals surface area contributed by atoms with E-state index in [0.717, 1.165) is 24.0 Å². The van der Waals surface area contributed by atoms with Crippen LogP contribution in [0.4, 0.5) is 9.18 Å². The van der Waals surface area contributed by atoms with Crippen molar-refractivity contribution in [3.05, 3.63) is 35.1 Å². The van der Waals surface area contributed by atoms with E-state index in [0.29, 0.717) is 12.8 Å². The van der Waals surface area contributed by atoms with Crippen LogP contribution >= 0.6 is 0 Å². The van der Waals surface area contributed by atoms with E-state index in [4.69, 9.17) is 4.74 Å². The molecule has 0 saturated carbocycles. The minimum atomic E-state index is -1.01. The van der Waals surface area contributed by atoms with Crippen LogP contribution in [0.5, 0.6) is 0 Å². The first-order chi connectivity index (χ1) is 11.1. The van der Waals surface area contributed by atoms with Crippen LogP contribution in [0, 0.1) is 12.7 Å². The number of aliphatic hydroxyl groups is 1. The number of hydrogen-bond acceptors (Lipinski definition) is 3. The van der Waals surface area contributed by atoms with Gasteiger partial charge in [0.25, 0.3) is 0 Å². The molecule has 1 N–H and O–H groups in total. The topological polar surface area (TPSA) is 49.8 Å². The zero-order chi connectivity index (χ0) is 17.7. The average Bonchev–Trinajstić information content (AvgIpc) is 2.70. The molecular formula is C19H26FNO3. The second kappa shape index (κ2) is 5.73. The van der Waals surface area contributed by atoms with Crippen molar-refractivity contribution in [3.63, 3.8) is 0 Å². The summed E-state index contributed by atoms with van der Waals surface area (Å²) in [5.41, 5.74) is -0.0211. The fourth-order valence-corrected chi connectivity index (χ4v) is 4.21. The molecule has 4 nitrogen and oxygen atoms in total. The van der Waals surface area contributed by atoms with E-state index >= 15 is 0 Å². The third kappa shape index (κ3) is 3.14. The number of aryl methyl sites for hydroxylation is 1. The van der Waals surface area contributed by atoms with Gasteiger partial charge in [0.1, 0.15) is 11.4 Å². The average molecular weight is 335 g/mol. The Balaban J connectivity index is 1.83. The van der Waals surface area contributed by atoms with Crippen molar-refractivity contribution in [2.45, 2.75) is 76.7 Å². The Morgan fingerprint density at radius 2 is 1.88 bits per heavy atom. The molecule has 132 valence electrons. The molecule has 2 aliphatic rings. The quantitative estimate of drug-likeness (QED) is 0.847. The Bertz CT molecular complexity index is 639. The molecule has 1 aromatic rings. The molecule has 0 spiro atoms. The zero-order valence-corrected chi connectivity index (χ0v) is 14.8. The Morgan fingerprint density at radius 3 is 2.38 bits per heavy atom. The first-order valence-electron chi connectivity index (χ1n) is 8.59. The second-order valence-corrected chi connectivity index (χ2v) is 8.17. The normalized spacial score (nSPS) is 29.7. The summed E-state index contributed by atoms with van der Waals surface area (Å²) in [6.45, 7) is 7.39. The number of nitrogens with zero attached hydrogens (tertiary/aromatic N) is 1. The molecule has 2 atom stereocenters. The minimum Gasteiger partial charge on any atom is -0.444 e. The molecule has 1 amide bonds. The van der Waals surface area contributed by atoms with E-state index < -0.39 is 11.2 Å². The highest BCUT2D eigenvalue weighted by atomic mass is 19.1. The van der Waals surface area contributed by atoms with E-state index in [1.807, 2.05) is 27.7 Å². The van der Waals surface area contributed by atoms with Gasteiger partial charge in [0.15, 0.2) is 0 Å². The lowest BCUT2D eigenvalue weighted by atomic mass is 9.79. The molecular weight excluding hydrogens is 309 g/mol. The molecule has 24 heavy (non-hydrogen) atoms. The molecule has 2 saturated heterocycles. The molecule has 3 rings (SSSR count). The molecule has 1 aromatic carbocycles. The SMILES string of the molecule is Cc1cc(F)ccc1C1(O)CC2CCC(C1)N2C(=O)OC(C)(C)C. The summed E-state index contributed by atoms with van der Waals surface area (Å²) in [5.74, 6) is -0.297. The van der Waals surface area contributed by atoms with Crippen LogP contribution in [0.15, 0.2) is 18.2 Å². The van der Waals surface area contributed by atoms with E-state index in [1.54, 1.807) is 11.0 Å². The van der Waals surface area contributed by atoms with Gasteiger partial charge in [-0.25, -0.2) is 9.18 Å². The van der Waals surface area contributed by atoms with Crippen molar-refractivity contribution in [2.75, 3.05) is 0 Å². The molecule has 2 bridgehead atoms. The van der Waals surface area contributed by atoms with Crippen LogP contribution in [-0.2, 0) is 10.3 Å². The highest BCUT2D eigenvalue weighted by molar-refractivity contribution is 5.70. The fourth-order valence-electron chi connectivity index (χ4n) is 4.21. The molecule has 5 heteroatoms. The van der Waals surface area contributed by atoms with Crippen molar-refractivity contribution < 1.29 is 19.0 Å². The molecule has 0 aromatic heterocycles. The summed E-state index contributed by atoms with van der Waals surface area (Å²) in [6.07, 6.45) is 2.37. The lowest BCUT2D eigenvalue weighted by Gasteiger charge is -2.44. The largest absolute Gasteiger partial charge is 0.444 e. The van der Waals surface area contributed by atoms with Gasteiger partial charge in [0, 0.05) is 24.9 Å². The van der Waals surface area contributed by atoms with Crippen LogP contribution in [0.2, 0.25) is 0 Å². The van der Waals surface area contributed by atoms with Gasteiger partial charge in [0.05, 0.1) is 5.60 Å². The first kappa shape index (κ1) is 17.2. The van der Waals surface area contributed by atoms with Gasteiger partial charge < -0.3 is 14.7 Å². The third-order valence-corrected chi connectivity index (χ3v) is 5.06. The maximum absolute atomic E-state index is 13.4. The lowest BCUT2D eigenvalue weighted by Crippen LogP contribution is -2.53. The summed E-state index contributed by atoms with van der Waals surface area (Å²) in [5, 5.41) is 11.2. The summed E-state index contributed by atoms with van der Waals surface area (Å²) in [7, 11) is 0. The molecule has 2 fully saturated rings. The summed E-state index contributed by atoms with van der Waals surface area (Å²) in [4.78, 5) is 14.3. The van der Waals surface area contributed by atoms with Crippen molar-refractivity contribution in [2.24, 2.45) is 0 Å². The molecule has 2 aliphatic heterocycles. The molecule has 0 radical (unpaired) electrons. The Labute approximate surface area is 142 Å². The van der Waals surface area contributed by atoms with Crippen molar-refractivity contribution in [1.82, 2.24) is 4.90 Å². The lowest BCUT2D eigenvalue weighted by molar-refractivity contribution is -0.0627. The second-order valence-electron chi connectivity index (χ2n) is 8.17. The molecule has 2 heterocycles. The van der Waals surface area contributed by atoms with Gasteiger partial charge >= 0.3 is 6.09 Å². The fraction of sp³-hybridized carbons (Fsp3) is 0.632. The van der Waals surface area contributed by atoms with Crippen molar-refractivity contribution in [1.29, 1.82) is 0 Å². The number of fused-ring (bicyclic) bond motifs is 2. The number of piperidine rings is 1. The van der Waals surface area contributed by atoms with E-state index in [-0.39, 0.29) is 24.0 Å². The smallest absolute Gasteiger partial charge is 0.410 e. The first-order valence-corrected chi connectivity index (χ1v) is 8.59. The van der Waals surface area contributed by atoms with Crippen LogP contribution in [0.1, 0.15) is 57.6 Å². The predicted molar refractivity (Wildman–Crippen MR) is 89.2 cm³/mol. The number of ether oxygens (including phenoxy) is 1. The van der Waals surface area contributed by atoms with E-state index in [9.17, 15) is 14.3 Å². The van der Waals surface area contributed by atoms with Gasteiger partial charge in [0.2, 0.25) is 0 Å². The number of benzene rings is 1. The number of rotatable bonds is 1. The third-order valence-electron chi connectivity index (χ3n) is 5.06. The summed E-state index contributed by atoms with van der Waals surface area (Å²) in [6, 6.07) is 4.45. The maximum atomic E-state index is 13.4. The number of carbonyl (C=O) groups excluding carboxylic acids is 1. The van der Waals surface area contributed by atoms with E-state index in [2.05, 4.69) is 0 Å². The van der Waals surface area contributed by atoms with Gasteiger partial charge in [-0.15, -0.1) is 0 Å². The summed E-state index contributed by atoms with van der Waals surface area (Å²) >= 11 is 0. The number of halogens is 1. The van der Waals surface area contributed by atoms with Crippen LogP contribution < -0.4 is 0 Å². The van der Waals surface area contributed by atoms with Gasteiger partial charge in [-0.3, -0.25) is 0 Å². The minimum absolute atomic E-state index is 0.0342. The standard InChI is InChI=1S/C19H26FNO3/c1-12-9-13(20)5-8-16(12)19(23)10-14-6-7-15(11-19)21(14)17(22)24-18(2,3)4/h5,8-9,14-15,23H,6-7,10-11H2,1-4H3. The van der Waals surface area contributed by atoms with Gasteiger partial charge in [-0.05, 0) is 63.8 Å². The van der Waals surface area contributed by atoms with Gasteiger partial charge in [-0.1, -0.05) is 6.07 Å². The highest BCUT2D eigenvalue weighted by Gasteiger charge is 2.51. The number of hydrogen-bond donors (Lipinski definition) is 1. The van der Waals surface area contributed by atoms with Gasteiger partial charge in [-0.2, -0.15) is 0 Å². The Hall–Kier alpha value is -1.62. The number of carbonyl (C=O) groups is 1. The maximum Gasteiger partial charge on any atom is 0.410 e. The van der Waals surface area contributed by atoms with E-state index in [1.165, 1.54) is 12.1 Å².